The van der Waals surface area contributed by atoms with Gasteiger partial charge in [-0.3, -0.25) is 4.90 Å². The molecule has 1 heterocycles. The molecule has 1 aromatic heterocycles. The van der Waals surface area contributed by atoms with Crippen LogP contribution >= 0.6 is 34.5 Å². The van der Waals surface area contributed by atoms with E-state index in [1.807, 2.05) is 6.07 Å². The zero-order valence-electron chi connectivity index (χ0n) is 10.6. The predicted molar refractivity (Wildman–Crippen MR) is 83.1 cm³/mol. The lowest BCUT2D eigenvalue weighted by Gasteiger charge is -2.25. The van der Waals surface area contributed by atoms with Gasteiger partial charge in [-0.25, -0.2) is 0 Å². The summed E-state index contributed by atoms with van der Waals surface area (Å²) >= 11 is 13.7. The topological polar surface area (TPSA) is 3.24 Å². The highest BCUT2D eigenvalue weighted by atomic mass is 35.5. The van der Waals surface area contributed by atoms with Crippen LogP contribution in [0.2, 0.25) is 5.02 Å². The maximum atomic E-state index is 6.08. The molecule has 0 saturated carbocycles. The minimum Gasteiger partial charge on any atom is -0.295 e. The van der Waals surface area contributed by atoms with Gasteiger partial charge in [0.15, 0.2) is 0 Å². The number of alkyl halides is 1. The Morgan fingerprint density at radius 3 is 2.78 bits per heavy atom. The molecule has 0 atom stereocenters. The number of hydrogen-bond acceptors (Lipinski definition) is 2. The Morgan fingerprint density at radius 1 is 1.33 bits per heavy atom. The Morgan fingerprint density at radius 2 is 2.11 bits per heavy atom. The molecule has 0 aliphatic carbocycles. The van der Waals surface area contributed by atoms with Crippen LogP contribution in [0, 0.1) is 0 Å². The Balaban J connectivity index is 2.27. The Hall–Kier alpha value is -0.280. The van der Waals surface area contributed by atoms with Crippen molar-refractivity contribution >= 4 is 44.6 Å². The van der Waals surface area contributed by atoms with Gasteiger partial charge in [0.05, 0.1) is 0 Å². The molecule has 0 fully saturated rings. The fourth-order valence-corrected chi connectivity index (χ4v) is 3.35. The second-order valence-corrected chi connectivity index (χ2v) is 6.38. The molecule has 1 nitrogen and oxygen atoms in total. The standard InChI is InChI=1S/C14H17Cl2NS/c1-10(2)17(6-5-15)8-11-9-18-14-4-3-12(16)7-13(11)14/h3-4,7,9-10H,5-6,8H2,1-2H3. The average Bonchev–Trinajstić information content (AvgIpc) is 2.71. The normalized spacial score (nSPS) is 11.9. The first kappa shape index (κ1) is 14.1. The van der Waals surface area contributed by atoms with Crippen LogP contribution < -0.4 is 0 Å². The first-order valence-electron chi connectivity index (χ1n) is 6.07. The smallest absolute Gasteiger partial charge is 0.0413 e. The second kappa shape index (κ2) is 6.25. The van der Waals surface area contributed by atoms with E-state index < -0.39 is 0 Å². The van der Waals surface area contributed by atoms with Crippen molar-refractivity contribution in [3.63, 3.8) is 0 Å². The van der Waals surface area contributed by atoms with Crippen molar-refractivity contribution < 1.29 is 0 Å². The molecule has 0 saturated heterocycles. The molecule has 98 valence electrons. The summed E-state index contributed by atoms with van der Waals surface area (Å²) in [4.78, 5) is 2.38. The van der Waals surface area contributed by atoms with E-state index in [4.69, 9.17) is 23.2 Å². The summed E-state index contributed by atoms with van der Waals surface area (Å²) < 4.78 is 1.30. The zero-order chi connectivity index (χ0) is 13.1. The highest BCUT2D eigenvalue weighted by Gasteiger charge is 2.12. The van der Waals surface area contributed by atoms with Crippen LogP contribution in [0.3, 0.4) is 0 Å². The van der Waals surface area contributed by atoms with Gasteiger partial charge in [-0.1, -0.05) is 11.6 Å². The molecule has 1 aromatic carbocycles. The lowest BCUT2D eigenvalue weighted by Crippen LogP contribution is -2.31. The van der Waals surface area contributed by atoms with Crippen LogP contribution in [-0.4, -0.2) is 23.4 Å². The van der Waals surface area contributed by atoms with Crippen molar-refractivity contribution in [2.24, 2.45) is 0 Å². The van der Waals surface area contributed by atoms with E-state index >= 15 is 0 Å². The summed E-state index contributed by atoms with van der Waals surface area (Å²) in [5.41, 5.74) is 1.34. The lowest BCUT2D eigenvalue weighted by atomic mass is 10.1. The zero-order valence-corrected chi connectivity index (χ0v) is 12.9. The van der Waals surface area contributed by atoms with Gasteiger partial charge in [0.1, 0.15) is 0 Å². The van der Waals surface area contributed by atoms with Crippen LogP contribution in [0.5, 0.6) is 0 Å². The molecule has 0 amide bonds. The van der Waals surface area contributed by atoms with Gasteiger partial charge in [-0.15, -0.1) is 22.9 Å². The second-order valence-electron chi connectivity index (χ2n) is 4.65. The molecule has 18 heavy (non-hydrogen) atoms. The van der Waals surface area contributed by atoms with E-state index in [0.717, 1.165) is 18.1 Å². The van der Waals surface area contributed by atoms with Crippen molar-refractivity contribution in [2.45, 2.75) is 26.4 Å². The van der Waals surface area contributed by atoms with Crippen molar-refractivity contribution in [1.29, 1.82) is 0 Å². The van der Waals surface area contributed by atoms with Gasteiger partial charge in [0, 0.05) is 34.7 Å². The molecular weight excluding hydrogens is 285 g/mol. The highest BCUT2D eigenvalue weighted by molar-refractivity contribution is 7.17. The van der Waals surface area contributed by atoms with Crippen LogP contribution in [0.15, 0.2) is 23.6 Å². The van der Waals surface area contributed by atoms with E-state index in [1.54, 1.807) is 11.3 Å². The van der Waals surface area contributed by atoms with Crippen LogP contribution in [0.25, 0.3) is 10.1 Å². The SMILES string of the molecule is CC(C)N(CCCl)Cc1csc2ccc(Cl)cc12. The van der Waals surface area contributed by atoms with Gasteiger partial charge in [-0.2, -0.15) is 0 Å². The van der Waals surface area contributed by atoms with E-state index in [-0.39, 0.29) is 0 Å². The molecule has 0 bridgehead atoms. The first-order valence-corrected chi connectivity index (χ1v) is 7.86. The molecule has 0 radical (unpaired) electrons. The quantitative estimate of drug-likeness (QED) is 0.702. The third-order valence-corrected chi connectivity index (χ3v) is 4.51. The summed E-state index contributed by atoms with van der Waals surface area (Å²) in [7, 11) is 0. The summed E-state index contributed by atoms with van der Waals surface area (Å²) in [6, 6.07) is 6.59. The molecule has 0 unspecified atom stereocenters. The summed E-state index contributed by atoms with van der Waals surface area (Å²) in [5, 5.41) is 4.30. The molecule has 4 heteroatoms. The number of halogens is 2. The molecule has 2 rings (SSSR count). The minimum atomic E-state index is 0.498. The largest absolute Gasteiger partial charge is 0.295 e. The van der Waals surface area contributed by atoms with Crippen LogP contribution in [0.4, 0.5) is 0 Å². The summed E-state index contributed by atoms with van der Waals surface area (Å²) in [6.07, 6.45) is 0. The lowest BCUT2D eigenvalue weighted by molar-refractivity contribution is 0.227. The van der Waals surface area contributed by atoms with E-state index in [9.17, 15) is 0 Å². The summed E-state index contributed by atoms with van der Waals surface area (Å²) in [6.45, 7) is 6.25. The van der Waals surface area contributed by atoms with Gasteiger partial charge >= 0.3 is 0 Å². The summed E-state index contributed by atoms with van der Waals surface area (Å²) in [5.74, 6) is 0.668. The molecule has 0 aliphatic heterocycles. The fourth-order valence-electron chi connectivity index (χ4n) is 2.02. The Kier molecular flexibility index (Phi) is 4.91. The van der Waals surface area contributed by atoms with Crippen molar-refractivity contribution in [3.05, 3.63) is 34.2 Å². The number of benzene rings is 1. The van der Waals surface area contributed by atoms with Gasteiger partial charge in [-0.05, 0) is 48.4 Å². The molecule has 2 aromatic rings. The van der Waals surface area contributed by atoms with Crippen LogP contribution in [0.1, 0.15) is 19.4 Å². The highest BCUT2D eigenvalue weighted by Crippen LogP contribution is 2.29. The van der Waals surface area contributed by atoms with Gasteiger partial charge in [0.25, 0.3) is 0 Å². The Bertz CT molecular complexity index is 521. The van der Waals surface area contributed by atoms with E-state index in [0.29, 0.717) is 11.9 Å². The van der Waals surface area contributed by atoms with E-state index in [1.165, 1.54) is 15.6 Å². The maximum absolute atomic E-state index is 6.08. The first-order chi connectivity index (χ1) is 8.61. The maximum Gasteiger partial charge on any atom is 0.0413 e. The molecular formula is C14H17Cl2NS. The monoisotopic (exact) mass is 301 g/mol. The number of fused-ring (bicyclic) bond motifs is 1. The van der Waals surface area contributed by atoms with E-state index in [2.05, 4.69) is 36.3 Å². The minimum absolute atomic E-state index is 0.498. The molecule has 0 aliphatic rings. The molecule has 0 spiro atoms. The van der Waals surface area contributed by atoms with Gasteiger partial charge < -0.3 is 0 Å². The van der Waals surface area contributed by atoms with Crippen molar-refractivity contribution in [3.8, 4) is 0 Å². The number of rotatable bonds is 5. The van der Waals surface area contributed by atoms with Crippen molar-refractivity contribution in [2.75, 3.05) is 12.4 Å². The van der Waals surface area contributed by atoms with Crippen LogP contribution in [-0.2, 0) is 6.54 Å². The molecule has 0 N–H and O–H groups in total. The van der Waals surface area contributed by atoms with Gasteiger partial charge in [0.2, 0.25) is 0 Å². The predicted octanol–water partition coefficient (Wildman–Crippen LogP) is 5.00. The number of thiophene rings is 1. The third-order valence-electron chi connectivity index (χ3n) is 3.09. The van der Waals surface area contributed by atoms with Crippen molar-refractivity contribution in [1.82, 2.24) is 4.90 Å². The fraction of sp³-hybridized carbons (Fsp3) is 0.429. The Labute approximate surface area is 122 Å². The third kappa shape index (κ3) is 3.18. The number of nitrogens with zero attached hydrogens (tertiary/aromatic N) is 1. The number of hydrogen-bond donors (Lipinski definition) is 0. The average molecular weight is 302 g/mol.